The lowest BCUT2D eigenvalue weighted by molar-refractivity contribution is 0.219. The summed E-state index contributed by atoms with van der Waals surface area (Å²) in [5.41, 5.74) is 4.14. The molecule has 0 aliphatic heterocycles. The molecule has 0 unspecified atom stereocenters. The number of ether oxygens (including phenoxy) is 1. The summed E-state index contributed by atoms with van der Waals surface area (Å²) in [6.07, 6.45) is 14.2. The van der Waals surface area contributed by atoms with Crippen LogP contribution < -0.4 is 4.74 Å². The average Bonchev–Trinajstić information content (AvgIpc) is 3.43. The van der Waals surface area contributed by atoms with Crippen molar-refractivity contribution >= 4 is 24.5 Å². The molecule has 1 aliphatic carbocycles. The lowest BCUT2D eigenvalue weighted by Gasteiger charge is -2.16. The van der Waals surface area contributed by atoms with Crippen LogP contribution in [-0.4, -0.2) is 26.0 Å². The number of hydrogen-bond donors (Lipinski definition) is 0. The molecule has 36 heavy (non-hydrogen) atoms. The number of hydrogen-bond acceptors (Lipinski definition) is 6. The maximum Gasteiger partial charge on any atom is 0.330 e. The summed E-state index contributed by atoms with van der Waals surface area (Å²) in [7, 11) is -2.89. The minimum Gasteiger partial charge on any atom is -0.494 e. The summed E-state index contributed by atoms with van der Waals surface area (Å²) in [4.78, 5) is 0. The molecule has 6 nitrogen and oxygen atoms in total. The van der Waals surface area contributed by atoms with Gasteiger partial charge in [-0.1, -0.05) is 56.0 Å². The fraction of sp³-hybridized carbons (Fsp3) is 0.448. The van der Waals surface area contributed by atoms with E-state index in [0.29, 0.717) is 26.0 Å². The van der Waals surface area contributed by atoms with Gasteiger partial charge in [-0.15, -0.1) is 0 Å². The molecule has 0 fully saturated rings. The van der Waals surface area contributed by atoms with Crippen LogP contribution in [0.15, 0.2) is 77.0 Å². The predicted molar refractivity (Wildman–Crippen MR) is 148 cm³/mol. The molecule has 0 radical (unpaired) electrons. The Kier molecular flexibility index (Phi) is 12.1. The third kappa shape index (κ3) is 9.85. The van der Waals surface area contributed by atoms with Crippen LogP contribution >= 0.6 is 7.60 Å². The zero-order chi connectivity index (χ0) is 25.5. The van der Waals surface area contributed by atoms with E-state index in [9.17, 15) is 4.57 Å². The van der Waals surface area contributed by atoms with E-state index >= 15 is 0 Å². The van der Waals surface area contributed by atoms with Crippen molar-refractivity contribution in [2.24, 2.45) is 10.2 Å². The predicted octanol–water partition coefficient (Wildman–Crippen LogP) is 9.43. The van der Waals surface area contributed by atoms with Gasteiger partial charge in [0.15, 0.2) is 0 Å². The van der Waals surface area contributed by atoms with E-state index in [0.717, 1.165) is 62.1 Å². The maximum absolute atomic E-state index is 12.4. The highest BCUT2D eigenvalue weighted by molar-refractivity contribution is 7.53. The highest BCUT2D eigenvalue weighted by atomic mass is 31.2. The molecular formula is C29H39N2O4P. The summed E-state index contributed by atoms with van der Waals surface area (Å²) in [6.45, 7) is 5.25. The van der Waals surface area contributed by atoms with Gasteiger partial charge >= 0.3 is 7.60 Å². The Morgan fingerprint density at radius 1 is 0.833 bits per heavy atom. The molecule has 2 aromatic carbocycles. The van der Waals surface area contributed by atoms with Gasteiger partial charge in [0.25, 0.3) is 0 Å². The van der Waals surface area contributed by atoms with E-state index in [1.807, 2.05) is 50.2 Å². The number of nitrogens with zero attached hydrogens (tertiary/aromatic N) is 2. The number of rotatable bonds is 17. The van der Waals surface area contributed by atoms with Crippen LogP contribution in [0.25, 0.3) is 5.57 Å². The molecule has 0 saturated carbocycles. The van der Waals surface area contributed by atoms with E-state index in [2.05, 4.69) is 40.6 Å². The number of azo groups is 1. The van der Waals surface area contributed by atoms with Gasteiger partial charge in [0.05, 0.1) is 37.4 Å². The van der Waals surface area contributed by atoms with E-state index in [4.69, 9.17) is 13.8 Å². The first-order chi connectivity index (χ1) is 17.6. The van der Waals surface area contributed by atoms with E-state index in [-0.39, 0.29) is 0 Å². The van der Waals surface area contributed by atoms with Crippen molar-refractivity contribution in [2.45, 2.75) is 58.8 Å². The first-order valence-corrected chi connectivity index (χ1v) is 14.8. The third-order valence-corrected chi connectivity index (χ3v) is 8.02. The molecule has 7 heteroatoms. The van der Waals surface area contributed by atoms with Crippen molar-refractivity contribution in [1.29, 1.82) is 0 Å². The molecule has 0 N–H and O–H groups in total. The monoisotopic (exact) mass is 510 g/mol. The van der Waals surface area contributed by atoms with Crippen LogP contribution in [0.1, 0.15) is 64.4 Å². The quantitative estimate of drug-likeness (QED) is 0.121. The fourth-order valence-corrected chi connectivity index (χ4v) is 5.75. The Morgan fingerprint density at radius 2 is 1.53 bits per heavy atom. The zero-order valence-electron chi connectivity index (χ0n) is 21.6. The smallest absolute Gasteiger partial charge is 0.330 e. The van der Waals surface area contributed by atoms with Gasteiger partial charge in [0.1, 0.15) is 5.75 Å². The van der Waals surface area contributed by atoms with Crippen molar-refractivity contribution in [2.75, 3.05) is 26.0 Å². The summed E-state index contributed by atoms with van der Waals surface area (Å²) in [5, 5.41) is 8.76. The second kappa shape index (κ2) is 15.6. The van der Waals surface area contributed by atoms with Crippen LogP contribution in [-0.2, 0) is 13.6 Å². The number of allylic oxidation sites excluding steroid dienone is 4. The second-order valence-corrected chi connectivity index (χ2v) is 10.9. The normalized spacial score (nSPS) is 13.4. The molecule has 0 heterocycles. The topological polar surface area (TPSA) is 69.5 Å². The first-order valence-electron chi connectivity index (χ1n) is 13.1. The largest absolute Gasteiger partial charge is 0.494 e. The number of unbranched alkanes of at least 4 members (excludes halogenated alkanes) is 5. The van der Waals surface area contributed by atoms with Gasteiger partial charge in [-0.05, 0) is 80.6 Å². The first kappa shape index (κ1) is 28.0. The summed E-state index contributed by atoms with van der Waals surface area (Å²) in [5.74, 6) is 0.846. The van der Waals surface area contributed by atoms with Crippen LogP contribution in [0.4, 0.5) is 11.4 Å². The summed E-state index contributed by atoms with van der Waals surface area (Å²) >= 11 is 0. The lowest BCUT2D eigenvalue weighted by atomic mass is 10.1. The molecular weight excluding hydrogens is 471 g/mol. The Morgan fingerprint density at radius 3 is 2.22 bits per heavy atom. The van der Waals surface area contributed by atoms with Gasteiger partial charge in [-0.3, -0.25) is 4.57 Å². The van der Waals surface area contributed by atoms with Gasteiger partial charge in [-0.2, -0.15) is 10.2 Å². The molecule has 0 atom stereocenters. The highest BCUT2D eigenvalue weighted by Gasteiger charge is 2.22. The SMILES string of the molecule is CCOP(=O)(CCCCCCCCOc1ccc(N=Nc2cccc(C3=CC=CC3)c2)cc1)OCC. The standard InChI is InChI=1S/C29H39N2O4P/c1-3-34-36(32,35-4-2)23-12-8-6-5-7-11-22-33-29-20-18-27(19-21-29)30-31-28-17-13-16-26(24-28)25-14-9-10-15-25/h9-10,13-14,16-21,24H,3-8,11-12,15,22-23H2,1-2H3. The van der Waals surface area contributed by atoms with Crippen molar-refractivity contribution in [3.8, 4) is 5.75 Å². The van der Waals surface area contributed by atoms with Crippen molar-refractivity contribution in [3.05, 3.63) is 72.3 Å². The molecule has 194 valence electrons. The van der Waals surface area contributed by atoms with Crippen LogP contribution in [0, 0.1) is 0 Å². The molecule has 3 rings (SSSR count). The minimum atomic E-state index is -2.89. The van der Waals surface area contributed by atoms with E-state index in [1.165, 1.54) is 11.1 Å². The van der Waals surface area contributed by atoms with Crippen LogP contribution in [0.5, 0.6) is 5.75 Å². The Labute approximate surface area is 216 Å². The van der Waals surface area contributed by atoms with Gasteiger partial charge < -0.3 is 13.8 Å². The summed E-state index contributed by atoms with van der Waals surface area (Å²) in [6, 6.07) is 15.9. The van der Waals surface area contributed by atoms with Gasteiger partial charge in [-0.25, -0.2) is 0 Å². The van der Waals surface area contributed by atoms with Crippen LogP contribution in [0.3, 0.4) is 0 Å². The molecule has 2 aromatic rings. The Hall–Kier alpha value is -2.53. The molecule has 0 bridgehead atoms. The van der Waals surface area contributed by atoms with E-state index in [1.54, 1.807) is 0 Å². The van der Waals surface area contributed by atoms with Gasteiger partial charge in [0.2, 0.25) is 0 Å². The van der Waals surface area contributed by atoms with Crippen molar-refractivity contribution in [1.82, 2.24) is 0 Å². The molecule has 1 aliphatic rings. The molecule has 0 amide bonds. The average molecular weight is 511 g/mol. The second-order valence-electron chi connectivity index (χ2n) is 8.71. The zero-order valence-corrected chi connectivity index (χ0v) is 22.5. The summed E-state index contributed by atoms with van der Waals surface area (Å²) < 4.78 is 29.0. The van der Waals surface area contributed by atoms with Gasteiger partial charge in [0, 0.05) is 0 Å². The third-order valence-electron chi connectivity index (χ3n) is 5.85. The van der Waals surface area contributed by atoms with E-state index < -0.39 is 7.60 Å². The maximum atomic E-state index is 12.4. The molecule has 0 aromatic heterocycles. The lowest BCUT2D eigenvalue weighted by Crippen LogP contribution is -2.00. The molecule has 0 saturated heterocycles. The van der Waals surface area contributed by atoms with Crippen LogP contribution in [0.2, 0.25) is 0 Å². The fourth-order valence-electron chi connectivity index (χ4n) is 4.02. The van der Waals surface area contributed by atoms with Crippen molar-refractivity contribution in [3.63, 3.8) is 0 Å². The molecule has 0 spiro atoms. The Bertz CT molecular complexity index is 1050. The highest BCUT2D eigenvalue weighted by Crippen LogP contribution is 2.48. The van der Waals surface area contributed by atoms with Crippen molar-refractivity contribution < 1.29 is 18.3 Å². The minimum absolute atomic E-state index is 0.426. The Balaban J connectivity index is 1.29. The number of benzene rings is 2.